The lowest BCUT2D eigenvalue weighted by Gasteiger charge is -2.43. The zero-order valence-electron chi connectivity index (χ0n) is 21.0. The molecule has 0 N–H and O–H groups in total. The van der Waals surface area contributed by atoms with Gasteiger partial charge in [-0.15, -0.1) is 0 Å². The van der Waals surface area contributed by atoms with E-state index in [-0.39, 0.29) is 16.7 Å². The van der Waals surface area contributed by atoms with E-state index in [9.17, 15) is 24.0 Å². The minimum absolute atomic E-state index is 0.0717. The summed E-state index contributed by atoms with van der Waals surface area (Å²) in [5, 5.41) is 0.562. The highest BCUT2D eigenvalue weighted by molar-refractivity contribution is 9.10. The van der Waals surface area contributed by atoms with Crippen molar-refractivity contribution in [3.8, 4) is 5.75 Å². The number of rotatable bonds is 7. The van der Waals surface area contributed by atoms with Crippen LogP contribution < -0.4 is 4.74 Å². The molecule has 1 aromatic heterocycles. The van der Waals surface area contributed by atoms with E-state index in [1.54, 1.807) is 12.1 Å². The molecule has 3 rings (SSSR count). The lowest BCUT2D eigenvalue weighted by molar-refractivity contribution is -0.288. The lowest BCUT2D eigenvalue weighted by atomic mass is 9.98. The number of ether oxygens (including phenoxy) is 6. The first-order chi connectivity index (χ1) is 17.8. The number of fused-ring (bicyclic) bond motifs is 1. The summed E-state index contributed by atoms with van der Waals surface area (Å²) < 4.78 is 35.1. The van der Waals surface area contributed by atoms with Gasteiger partial charge in [0.25, 0.3) is 0 Å². The van der Waals surface area contributed by atoms with E-state index in [4.69, 9.17) is 40.0 Å². The van der Waals surface area contributed by atoms with E-state index in [1.807, 2.05) is 0 Å². The molecule has 0 aliphatic carbocycles. The van der Waals surface area contributed by atoms with Crippen molar-refractivity contribution >= 4 is 68.2 Å². The first-order valence-electron chi connectivity index (χ1n) is 11.3. The van der Waals surface area contributed by atoms with Crippen LogP contribution in [0.2, 0.25) is 5.02 Å². The molecule has 0 radical (unpaired) electrons. The average Bonchev–Trinajstić information content (AvgIpc) is 3.17. The maximum atomic E-state index is 12.3. The van der Waals surface area contributed by atoms with Gasteiger partial charge in [0.15, 0.2) is 18.0 Å². The minimum atomic E-state index is -1.49. The van der Waals surface area contributed by atoms with Crippen molar-refractivity contribution in [2.45, 2.75) is 65.3 Å². The molecule has 0 unspecified atom stereocenters. The number of carbonyl (C=O) groups is 5. The Balaban J connectivity index is 2.14. The monoisotopic (exact) mass is 617 g/mol. The molecular formula is C24H25BrClNO11. The molecule has 1 aromatic carbocycles. The van der Waals surface area contributed by atoms with E-state index >= 15 is 0 Å². The van der Waals surface area contributed by atoms with Crippen LogP contribution in [0.5, 0.6) is 5.75 Å². The number of halogens is 2. The van der Waals surface area contributed by atoms with E-state index in [1.165, 1.54) is 24.6 Å². The smallest absolute Gasteiger partial charge is 0.303 e. The fraction of sp³-hybridized carbons (Fsp3) is 0.458. The summed E-state index contributed by atoms with van der Waals surface area (Å²) in [6.07, 6.45) is -5.52. The van der Waals surface area contributed by atoms with Crippen LogP contribution in [0.1, 0.15) is 39.4 Å². The number of carbonyl (C=O) groups excluding carboxylic acids is 5. The summed E-state index contributed by atoms with van der Waals surface area (Å²) in [4.78, 5) is 59.8. The third-order valence-electron chi connectivity index (χ3n) is 5.36. The maximum absolute atomic E-state index is 12.3. The van der Waals surface area contributed by atoms with Crippen molar-refractivity contribution in [2.75, 3.05) is 6.61 Å². The summed E-state index contributed by atoms with van der Waals surface area (Å²) in [7, 11) is 0. The molecule has 2 heterocycles. The van der Waals surface area contributed by atoms with E-state index in [0.29, 0.717) is 15.4 Å². The highest BCUT2D eigenvalue weighted by Gasteiger charge is 2.53. The van der Waals surface area contributed by atoms with Crippen molar-refractivity contribution < 1.29 is 52.4 Å². The molecule has 1 aliphatic rings. The molecule has 12 nitrogen and oxygen atoms in total. The SMILES string of the molecule is CC(=O)OC[C@H]1O[C@@H](Oc2cn(C(C)=O)c3ccc(Br)c(Cl)c23)[C@H](OC(C)=O)[C@@H](OC(C)=O)[C@@H]1OC(C)=O. The minimum Gasteiger partial charge on any atom is -0.463 e. The second-order valence-corrected chi connectivity index (χ2v) is 9.56. The van der Waals surface area contributed by atoms with Crippen LogP contribution in [-0.2, 0) is 42.9 Å². The van der Waals surface area contributed by atoms with Gasteiger partial charge in [-0.1, -0.05) is 11.6 Å². The quantitative estimate of drug-likeness (QED) is 0.333. The number of esters is 4. The van der Waals surface area contributed by atoms with Crippen LogP contribution in [0.15, 0.2) is 22.8 Å². The highest BCUT2D eigenvalue weighted by Crippen LogP contribution is 2.40. The van der Waals surface area contributed by atoms with Crippen molar-refractivity contribution in [1.29, 1.82) is 0 Å². The largest absolute Gasteiger partial charge is 0.463 e. The molecule has 0 saturated carbocycles. The Morgan fingerprint density at radius 3 is 2.03 bits per heavy atom. The van der Waals surface area contributed by atoms with Gasteiger partial charge in [-0.05, 0) is 28.1 Å². The van der Waals surface area contributed by atoms with Crippen molar-refractivity contribution in [1.82, 2.24) is 4.57 Å². The van der Waals surface area contributed by atoms with Crippen molar-refractivity contribution in [3.63, 3.8) is 0 Å². The number of aromatic nitrogens is 1. The molecule has 5 atom stereocenters. The fourth-order valence-electron chi connectivity index (χ4n) is 3.99. The summed E-state index contributed by atoms with van der Waals surface area (Å²) in [5.74, 6) is -3.24. The number of hydrogen-bond donors (Lipinski definition) is 0. The van der Waals surface area contributed by atoms with Crippen LogP contribution in [0.4, 0.5) is 0 Å². The van der Waals surface area contributed by atoms with Crippen molar-refractivity contribution in [2.24, 2.45) is 0 Å². The van der Waals surface area contributed by atoms with Gasteiger partial charge in [-0.3, -0.25) is 28.5 Å². The molecule has 206 valence electrons. The number of hydrogen-bond acceptors (Lipinski definition) is 11. The predicted octanol–water partition coefficient (Wildman–Crippen LogP) is 3.18. The summed E-state index contributed by atoms with van der Waals surface area (Å²) in [5.41, 5.74) is 0.423. The molecule has 1 fully saturated rings. The van der Waals surface area contributed by atoms with E-state index < -0.39 is 61.2 Å². The van der Waals surface area contributed by atoms with Crippen LogP contribution in [-0.4, -0.2) is 71.7 Å². The maximum Gasteiger partial charge on any atom is 0.303 e. The molecular weight excluding hydrogens is 594 g/mol. The van der Waals surface area contributed by atoms with Gasteiger partial charge in [-0.2, -0.15) is 0 Å². The molecule has 1 aliphatic heterocycles. The Kier molecular flexibility index (Phi) is 9.39. The standard InChI is InChI=1S/C24H25BrClNO11/c1-10(28)27-8-17(19-16(27)7-6-15(25)20(19)26)37-24-23(36-14(5)32)22(35-13(4)31)21(34-12(3)30)18(38-24)9-33-11(2)29/h6-8,18,21-24H,9H2,1-5H3/t18-,21-,22+,23-,24-/m1/s1. The second-order valence-electron chi connectivity index (χ2n) is 8.32. The van der Waals surface area contributed by atoms with Crippen LogP contribution in [0, 0.1) is 0 Å². The molecule has 38 heavy (non-hydrogen) atoms. The number of nitrogens with zero attached hydrogens (tertiary/aromatic N) is 1. The van der Waals surface area contributed by atoms with Crippen LogP contribution in [0.3, 0.4) is 0 Å². The predicted molar refractivity (Wildman–Crippen MR) is 134 cm³/mol. The van der Waals surface area contributed by atoms with Gasteiger partial charge < -0.3 is 28.4 Å². The average molecular weight is 619 g/mol. The molecule has 0 amide bonds. The zero-order valence-corrected chi connectivity index (χ0v) is 23.4. The van der Waals surface area contributed by atoms with E-state index in [0.717, 1.165) is 20.8 Å². The summed E-state index contributed by atoms with van der Waals surface area (Å²) in [6.45, 7) is 5.43. The van der Waals surface area contributed by atoms with Gasteiger partial charge in [0.1, 0.15) is 12.7 Å². The topological polar surface area (TPSA) is 146 Å². The second kappa shape index (κ2) is 12.1. The molecule has 0 bridgehead atoms. The normalized spacial score (nSPS) is 22.9. The lowest BCUT2D eigenvalue weighted by Crippen LogP contribution is -2.63. The summed E-state index contributed by atoms with van der Waals surface area (Å²) in [6, 6.07) is 3.30. The Hall–Kier alpha value is -3.16. The van der Waals surface area contributed by atoms with Gasteiger partial charge in [0.2, 0.25) is 18.3 Å². The highest BCUT2D eigenvalue weighted by atomic mass is 79.9. The number of benzene rings is 1. The van der Waals surface area contributed by atoms with E-state index in [2.05, 4.69) is 15.9 Å². The molecule has 2 aromatic rings. The first-order valence-corrected chi connectivity index (χ1v) is 12.4. The molecule has 0 spiro atoms. The third-order valence-corrected chi connectivity index (χ3v) is 6.64. The van der Waals surface area contributed by atoms with Gasteiger partial charge >= 0.3 is 23.9 Å². The first kappa shape index (κ1) is 29.4. The van der Waals surface area contributed by atoms with Crippen LogP contribution >= 0.6 is 27.5 Å². The van der Waals surface area contributed by atoms with Gasteiger partial charge in [0, 0.05) is 39.1 Å². The summed E-state index contributed by atoms with van der Waals surface area (Å²) >= 11 is 9.86. The Bertz CT molecular complexity index is 1280. The van der Waals surface area contributed by atoms with Crippen molar-refractivity contribution in [3.05, 3.63) is 27.8 Å². The Labute approximate surface area is 230 Å². The third kappa shape index (κ3) is 6.63. The fourth-order valence-corrected chi connectivity index (χ4v) is 4.57. The molecule has 14 heteroatoms. The van der Waals surface area contributed by atoms with Gasteiger partial charge in [0.05, 0.1) is 22.1 Å². The Morgan fingerprint density at radius 2 is 1.47 bits per heavy atom. The zero-order chi connectivity index (χ0) is 28.3. The molecule has 1 saturated heterocycles. The van der Waals surface area contributed by atoms with Gasteiger partial charge in [-0.25, -0.2) is 0 Å². The Morgan fingerprint density at radius 1 is 0.895 bits per heavy atom. The van der Waals surface area contributed by atoms with Crippen LogP contribution in [0.25, 0.3) is 10.9 Å².